The standard InChI is InChI=1S/C16H23N5/c1-12-6-3-4-8-14(12)15-18-16(20-19-15)21-9-5-7-13(11-21)10-17-2/h3-4,6,8,13,17H,5,7,9-11H2,1-2H3,(H,18,19,20). The van der Waals surface area contributed by atoms with E-state index in [0.717, 1.165) is 37.0 Å². The number of aromatic nitrogens is 3. The summed E-state index contributed by atoms with van der Waals surface area (Å²) in [6.45, 7) is 5.24. The zero-order chi connectivity index (χ0) is 14.7. The third-order valence-electron chi connectivity index (χ3n) is 4.17. The summed E-state index contributed by atoms with van der Waals surface area (Å²) < 4.78 is 0. The molecule has 2 heterocycles. The molecule has 0 saturated carbocycles. The van der Waals surface area contributed by atoms with E-state index >= 15 is 0 Å². The minimum Gasteiger partial charge on any atom is -0.339 e. The molecule has 1 fully saturated rings. The van der Waals surface area contributed by atoms with Gasteiger partial charge >= 0.3 is 0 Å². The van der Waals surface area contributed by atoms with Crippen molar-refractivity contribution in [2.75, 3.05) is 31.6 Å². The van der Waals surface area contributed by atoms with Gasteiger partial charge in [0.25, 0.3) is 0 Å². The van der Waals surface area contributed by atoms with Crippen LogP contribution in [0.2, 0.25) is 0 Å². The zero-order valence-electron chi connectivity index (χ0n) is 12.8. The fourth-order valence-corrected chi connectivity index (χ4v) is 3.06. The molecule has 1 aliphatic rings. The quantitative estimate of drug-likeness (QED) is 0.904. The second-order valence-corrected chi connectivity index (χ2v) is 5.81. The summed E-state index contributed by atoms with van der Waals surface area (Å²) in [6.07, 6.45) is 2.49. The van der Waals surface area contributed by atoms with E-state index in [4.69, 9.17) is 4.98 Å². The van der Waals surface area contributed by atoms with Gasteiger partial charge in [0.05, 0.1) is 0 Å². The lowest BCUT2D eigenvalue weighted by atomic mass is 9.98. The number of anilines is 1. The van der Waals surface area contributed by atoms with Gasteiger partial charge in [-0.15, -0.1) is 5.10 Å². The SMILES string of the molecule is CNCC1CCCN(c2n[nH]c(-c3ccccc3C)n2)C1. The summed E-state index contributed by atoms with van der Waals surface area (Å²) in [4.78, 5) is 6.99. The lowest BCUT2D eigenvalue weighted by molar-refractivity contribution is 0.399. The van der Waals surface area contributed by atoms with Crippen molar-refractivity contribution in [1.29, 1.82) is 0 Å². The number of benzene rings is 1. The first-order valence-corrected chi connectivity index (χ1v) is 7.66. The fraction of sp³-hybridized carbons (Fsp3) is 0.500. The number of hydrogen-bond acceptors (Lipinski definition) is 4. The second kappa shape index (κ2) is 6.26. The van der Waals surface area contributed by atoms with Crippen molar-refractivity contribution in [3.8, 4) is 11.4 Å². The molecule has 1 aliphatic heterocycles. The number of H-pyrrole nitrogens is 1. The molecule has 3 rings (SSSR count). The van der Waals surface area contributed by atoms with Crippen molar-refractivity contribution < 1.29 is 0 Å². The van der Waals surface area contributed by atoms with Gasteiger partial charge in [0, 0.05) is 18.7 Å². The molecule has 0 amide bonds. The Morgan fingerprint density at radius 1 is 1.38 bits per heavy atom. The Morgan fingerprint density at radius 2 is 2.24 bits per heavy atom. The highest BCUT2D eigenvalue weighted by atomic mass is 15.4. The topological polar surface area (TPSA) is 56.8 Å². The van der Waals surface area contributed by atoms with E-state index in [2.05, 4.69) is 39.5 Å². The van der Waals surface area contributed by atoms with Crippen LogP contribution in [-0.2, 0) is 0 Å². The van der Waals surface area contributed by atoms with Gasteiger partial charge in [-0.25, -0.2) is 0 Å². The van der Waals surface area contributed by atoms with Crippen LogP contribution in [0.3, 0.4) is 0 Å². The van der Waals surface area contributed by atoms with Crippen molar-refractivity contribution in [3.63, 3.8) is 0 Å². The van der Waals surface area contributed by atoms with Gasteiger partial charge in [0.1, 0.15) is 0 Å². The monoisotopic (exact) mass is 285 g/mol. The van der Waals surface area contributed by atoms with Crippen molar-refractivity contribution in [2.45, 2.75) is 19.8 Å². The molecule has 1 aromatic carbocycles. The first-order valence-electron chi connectivity index (χ1n) is 7.66. The Morgan fingerprint density at radius 3 is 3.05 bits per heavy atom. The molecule has 2 aromatic rings. The van der Waals surface area contributed by atoms with E-state index in [9.17, 15) is 0 Å². The van der Waals surface area contributed by atoms with E-state index in [1.165, 1.54) is 18.4 Å². The van der Waals surface area contributed by atoms with Crippen molar-refractivity contribution in [3.05, 3.63) is 29.8 Å². The number of nitrogens with one attached hydrogen (secondary N) is 2. The lowest BCUT2D eigenvalue weighted by Crippen LogP contribution is -2.39. The van der Waals surface area contributed by atoms with Crippen LogP contribution in [0.15, 0.2) is 24.3 Å². The molecule has 1 aromatic heterocycles. The van der Waals surface area contributed by atoms with Crippen LogP contribution in [0, 0.1) is 12.8 Å². The highest BCUT2D eigenvalue weighted by Crippen LogP contribution is 2.24. The maximum Gasteiger partial charge on any atom is 0.245 e. The third kappa shape index (κ3) is 3.08. The molecule has 5 heteroatoms. The maximum absolute atomic E-state index is 4.70. The predicted molar refractivity (Wildman–Crippen MR) is 85.4 cm³/mol. The molecule has 0 bridgehead atoms. The van der Waals surface area contributed by atoms with E-state index in [0.29, 0.717) is 5.92 Å². The molecule has 0 radical (unpaired) electrons. The molecule has 112 valence electrons. The summed E-state index contributed by atoms with van der Waals surface area (Å²) in [5.74, 6) is 2.37. The molecule has 0 spiro atoms. The van der Waals surface area contributed by atoms with Gasteiger partial charge in [-0.05, 0) is 44.8 Å². The van der Waals surface area contributed by atoms with Gasteiger partial charge in [-0.3, -0.25) is 5.10 Å². The third-order valence-corrected chi connectivity index (χ3v) is 4.17. The minimum absolute atomic E-state index is 0.684. The number of aromatic amines is 1. The fourth-order valence-electron chi connectivity index (χ4n) is 3.06. The summed E-state index contributed by atoms with van der Waals surface area (Å²) in [5, 5.41) is 10.8. The van der Waals surface area contributed by atoms with E-state index in [-0.39, 0.29) is 0 Å². The molecule has 0 aliphatic carbocycles. The molecule has 1 unspecified atom stereocenters. The smallest absolute Gasteiger partial charge is 0.245 e. The average Bonchev–Trinajstić information content (AvgIpc) is 2.98. The van der Waals surface area contributed by atoms with Crippen LogP contribution >= 0.6 is 0 Å². The Hall–Kier alpha value is -1.88. The number of aryl methyl sites for hydroxylation is 1. The normalized spacial score (nSPS) is 19.0. The van der Waals surface area contributed by atoms with E-state index < -0.39 is 0 Å². The highest BCUT2D eigenvalue weighted by molar-refractivity contribution is 5.60. The maximum atomic E-state index is 4.70. The Kier molecular flexibility index (Phi) is 4.20. The number of hydrogen-bond donors (Lipinski definition) is 2. The van der Waals surface area contributed by atoms with Crippen molar-refractivity contribution in [1.82, 2.24) is 20.5 Å². The molecule has 5 nitrogen and oxygen atoms in total. The number of nitrogens with zero attached hydrogens (tertiary/aromatic N) is 3. The first-order chi connectivity index (χ1) is 10.3. The van der Waals surface area contributed by atoms with Gasteiger partial charge in [-0.2, -0.15) is 4.98 Å². The highest BCUT2D eigenvalue weighted by Gasteiger charge is 2.22. The molecular weight excluding hydrogens is 262 g/mol. The average molecular weight is 285 g/mol. The largest absolute Gasteiger partial charge is 0.339 e. The van der Waals surface area contributed by atoms with Gasteiger partial charge in [-0.1, -0.05) is 24.3 Å². The minimum atomic E-state index is 0.684. The zero-order valence-corrected chi connectivity index (χ0v) is 12.8. The molecule has 1 saturated heterocycles. The second-order valence-electron chi connectivity index (χ2n) is 5.81. The number of piperidine rings is 1. The Labute approximate surface area is 125 Å². The molecule has 2 N–H and O–H groups in total. The Bertz CT molecular complexity index is 590. The van der Waals surface area contributed by atoms with Crippen molar-refractivity contribution >= 4 is 5.95 Å². The molecular formula is C16H23N5. The Balaban J connectivity index is 1.77. The van der Waals surface area contributed by atoms with Gasteiger partial charge in [0.15, 0.2) is 5.82 Å². The summed E-state index contributed by atoms with van der Waals surface area (Å²) >= 11 is 0. The van der Waals surface area contributed by atoms with Crippen LogP contribution in [0.1, 0.15) is 18.4 Å². The van der Waals surface area contributed by atoms with E-state index in [1.54, 1.807) is 0 Å². The van der Waals surface area contributed by atoms with Crippen LogP contribution in [-0.4, -0.2) is 41.9 Å². The van der Waals surface area contributed by atoms with Crippen molar-refractivity contribution in [2.24, 2.45) is 5.92 Å². The van der Waals surface area contributed by atoms with Crippen LogP contribution in [0.4, 0.5) is 5.95 Å². The van der Waals surface area contributed by atoms with Gasteiger partial charge < -0.3 is 10.2 Å². The van der Waals surface area contributed by atoms with Crippen LogP contribution in [0.5, 0.6) is 0 Å². The van der Waals surface area contributed by atoms with E-state index in [1.807, 2.05) is 19.2 Å². The van der Waals surface area contributed by atoms with Crippen LogP contribution < -0.4 is 10.2 Å². The van der Waals surface area contributed by atoms with Gasteiger partial charge in [0.2, 0.25) is 5.95 Å². The first kappa shape index (κ1) is 14.1. The predicted octanol–water partition coefficient (Wildman–Crippen LogP) is 2.22. The molecule has 1 atom stereocenters. The summed E-state index contributed by atoms with van der Waals surface area (Å²) in [5.41, 5.74) is 2.34. The summed E-state index contributed by atoms with van der Waals surface area (Å²) in [6, 6.07) is 8.26. The van der Waals surface area contributed by atoms with Crippen LogP contribution in [0.25, 0.3) is 11.4 Å². The molecule has 21 heavy (non-hydrogen) atoms. The number of rotatable bonds is 4. The summed E-state index contributed by atoms with van der Waals surface area (Å²) in [7, 11) is 2.02. The lowest BCUT2D eigenvalue weighted by Gasteiger charge is -2.31.